The van der Waals surface area contributed by atoms with E-state index < -0.39 is 6.10 Å². The molecule has 1 unspecified atom stereocenters. The summed E-state index contributed by atoms with van der Waals surface area (Å²) in [6.45, 7) is 4.80. The summed E-state index contributed by atoms with van der Waals surface area (Å²) in [4.78, 5) is 14.1. The van der Waals surface area contributed by atoms with Crippen LogP contribution in [0.15, 0.2) is 22.7 Å². The molecule has 1 amide bonds. The Labute approximate surface area is 133 Å². The highest BCUT2D eigenvalue weighted by atomic mass is 79.9. The summed E-state index contributed by atoms with van der Waals surface area (Å²) >= 11 is 3.49. The Bertz CT molecular complexity index is 490. The predicted molar refractivity (Wildman–Crippen MR) is 84.4 cm³/mol. The molecule has 5 nitrogen and oxygen atoms in total. The highest BCUT2D eigenvalue weighted by Gasteiger charge is 2.23. The second-order valence-electron chi connectivity index (χ2n) is 4.99. The van der Waals surface area contributed by atoms with E-state index in [9.17, 15) is 4.79 Å². The molecule has 116 valence electrons. The monoisotopic (exact) mass is 356 g/mol. The van der Waals surface area contributed by atoms with Gasteiger partial charge in [0.1, 0.15) is 5.75 Å². The molecule has 0 saturated carbocycles. The van der Waals surface area contributed by atoms with E-state index in [0.717, 1.165) is 16.5 Å². The average Bonchev–Trinajstić information content (AvgIpc) is 2.51. The Balaban J connectivity index is 1.99. The van der Waals surface area contributed by atoms with E-state index in [1.807, 2.05) is 18.2 Å². The Hall–Kier alpha value is -1.11. The largest absolute Gasteiger partial charge is 0.481 e. The van der Waals surface area contributed by atoms with Gasteiger partial charge in [0, 0.05) is 17.6 Å². The Morgan fingerprint density at radius 2 is 2.19 bits per heavy atom. The van der Waals surface area contributed by atoms with Gasteiger partial charge in [-0.25, -0.2) is 0 Å². The second kappa shape index (κ2) is 7.77. The van der Waals surface area contributed by atoms with Crippen LogP contribution in [-0.2, 0) is 16.0 Å². The molecule has 2 N–H and O–H groups in total. The Morgan fingerprint density at radius 1 is 1.48 bits per heavy atom. The van der Waals surface area contributed by atoms with E-state index in [0.29, 0.717) is 38.6 Å². The summed E-state index contributed by atoms with van der Waals surface area (Å²) in [5.41, 5.74) is 6.68. The lowest BCUT2D eigenvalue weighted by Crippen LogP contribution is -2.46. The maximum absolute atomic E-state index is 12.3. The Kier molecular flexibility index (Phi) is 6.02. The van der Waals surface area contributed by atoms with Crippen LogP contribution < -0.4 is 10.5 Å². The van der Waals surface area contributed by atoms with Crippen LogP contribution in [0.25, 0.3) is 0 Å². The number of morpholine rings is 1. The molecule has 1 fully saturated rings. The van der Waals surface area contributed by atoms with Gasteiger partial charge in [-0.2, -0.15) is 0 Å². The van der Waals surface area contributed by atoms with Gasteiger partial charge in [-0.05, 0) is 43.7 Å². The van der Waals surface area contributed by atoms with Gasteiger partial charge in [0.25, 0.3) is 5.91 Å². The summed E-state index contributed by atoms with van der Waals surface area (Å²) in [7, 11) is 0. The number of nitrogens with zero attached hydrogens (tertiary/aromatic N) is 1. The molecular weight excluding hydrogens is 336 g/mol. The van der Waals surface area contributed by atoms with E-state index in [1.54, 1.807) is 11.8 Å². The number of halogens is 1. The summed E-state index contributed by atoms with van der Waals surface area (Å²) in [6, 6.07) is 5.71. The standard InChI is InChI=1S/C15H21BrN2O3/c1-11(15(19)18-6-8-20-9-7-18)21-13-2-3-14(16)12(10-13)4-5-17/h2-3,10-11H,4-9,17H2,1H3. The lowest BCUT2D eigenvalue weighted by Gasteiger charge is -2.29. The average molecular weight is 357 g/mol. The van der Waals surface area contributed by atoms with Crippen LogP contribution >= 0.6 is 15.9 Å². The zero-order valence-electron chi connectivity index (χ0n) is 12.2. The topological polar surface area (TPSA) is 64.8 Å². The van der Waals surface area contributed by atoms with Crippen molar-refractivity contribution in [2.45, 2.75) is 19.4 Å². The number of carbonyl (C=O) groups is 1. The summed E-state index contributed by atoms with van der Waals surface area (Å²) in [5, 5.41) is 0. The van der Waals surface area contributed by atoms with Crippen molar-refractivity contribution in [2.75, 3.05) is 32.8 Å². The Morgan fingerprint density at radius 3 is 2.86 bits per heavy atom. The maximum Gasteiger partial charge on any atom is 0.263 e. The minimum Gasteiger partial charge on any atom is -0.481 e. The van der Waals surface area contributed by atoms with Gasteiger partial charge >= 0.3 is 0 Å². The second-order valence-corrected chi connectivity index (χ2v) is 5.84. The molecule has 0 radical (unpaired) electrons. The number of ether oxygens (including phenoxy) is 2. The summed E-state index contributed by atoms with van der Waals surface area (Å²) in [5.74, 6) is 0.692. The third-order valence-electron chi connectivity index (χ3n) is 3.41. The number of carbonyl (C=O) groups excluding carboxylic acids is 1. The molecular formula is C15H21BrN2O3. The van der Waals surface area contributed by atoms with Gasteiger partial charge in [-0.15, -0.1) is 0 Å². The molecule has 1 aromatic rings. The minimum atomic E-state index is -0.505. The van der Waals surface area contributed by atoms with E-state index in [1.165, 1.54) is 0 Å². The van der Waals surface area contributed by atoms with Crippen LogP contribution in [-0.4, -0.2) is 49.8 Å². The van der Waals surface area contributed by atoms with Gasteiger partial charge in [0.05, 0.1) is 13.2 Å². The van der Waals surface area contributed by atoms with Crippen molar-refractivity contribution in [3.05, 3.63) is 28.2 Å². The van der Waals surface area contributed by atoms with Crippen molar-refractivity contribution >= 4 is 21.8 Å². The van der Waals surface area contributed by atoms with Crippen LogP contribution in [0.3, 0.4) is 0 Å². The molecule has 2 rings (SSSR count). The SMILES string of the molecule is CC(Oc1ccc(Br)c(CCN)c1)C(=O)N1CCOCC1. The maximum atomic E-state index is 12.3. The molecule has 1 atom stereocenters. The first-order valence-electron chi connectivity index (χ1n) is 7.13. The van der Waals surface area contributed by atoms with Crippen LogP contribution in [0.2, 0.25) is 0 Å². The smallest absolute Gasteiger partial charge is 0.263 e. The highest BCUT2D eigenvalue weighted by molar-refractivity contribution is 9.10. The number of benzene rings is 1. The first-order chi connectivity index (χ1) is 10.1. The van der Waals surface area contributed by atoms with Crippen molar-refractivity contribution in [3.8, 4) is 5.75 Å². The van der Waals surface area contributed by atoms with Crippen molar-refractivity contribution in [1.82, 2.24) is 4.90 Å². The minimum absolute atomic E-state index is 0.00148. The van der Waals surface area contributed by atoms with Gasteiger partial charge in [0.15, 0.2) is 6.10 Å². The molecule has 0 aliphatic carbocycles. The number of hydrogen-bond donors (Lipinski definition) is 1. The molecule has 1 aliphatic rings. The van der Waals surface area contributed by atoms with Crippen LogP contribution in [0.4, 0.5) is 0 Å². The third kappa shape index (κ3) is 4.43. The number of amides is 1. The third-order valence-corrected chi connectivity index (χ3v) is 4.19. The zero-order chi connectivity index (χ0) is 15.2. The molecule has 0 spiro atoms. The van der Waals surface area contributed by atoms with E-state index in [2.05, 4.69) is 15.9 Å². The fraction of sp³-hybridized carbons (Fsp3) is 0.533. The van der Waals surface area contributed by atoms with Gasteiger partial charge in [-0.1, -0.05) is 15.9 Å². The van der Waals surface area contributed by atoms with Gasteiger partial charge < -0.3 is 20.1 Å². The lowest BCUT2D eigenvalue weighted by molar-refractivity contribution is -0.142. The number of nitrogens with two attached hydrogens (primary N) is 1. The fourth-order valence-corrected chi connectivity index (χ4v) is 2.71. The first kappa shape index (κ1) is 16.3. The molecule has 1 heterocycles. The van der Waals surface area contributed by atoms with Crippen molar-refractivity contribution in [3.63, 3.8) is 0 Å². The van der Waals surface area contributed by atoms with Gasteiger partial charge in [-0.3, -0.25) is 4.79 Å². The molecule has 21 heavy (non-hydrogen) atoms. The molecule has 1 aliphatic heterocycles. The predicted octanol–water partition coefficient (Wildman–Crippen LogP) is 1.58. The van der Waals surface area contributed by atoms with Crippen LogP contribution in [0, 0.1) is 0 Å². The normalized spacial score (nSPS) is 16.6. The zero-order valence-corrected chi connectivity index (χ0v) is 13.8. The van der Waals surface area contributed by atoms with E-state index >= 15 is 0 Å². The number of rotatable bonds is 5. The van der Waals surface area contributed by atoms with Gasteiger partial charge in [0.2, 0.25) is 0 Å². The lowest BCUT2D eigenvalue weighted by atomic mass is 10.1. The molecule has 1 saturated heterocycles. The quantitative estimate of drug-likeness (QED) is 0.869. The fourth-order valence-electron chi connectivity index (χ4n) is 2.27. The highest BCUT2D eigenvalue weighted by Crippen LogP contribution is 2.24. The van der Waals surface area contributed by atoms with Crippen molar-refractivity contribution < 1.29 is 14.3 Å². The van der Waals surface area contributed by atoms with Crippen LogP contribution in [0.1, 0.15) is 12.5 Å². The summed E-state index contributed by atoms with van der Waals surface area (Å²) in [6.07, 6.45) is 0.263. The molecule has 0 bridgehead atoms. The molecule has 0 aromatic heterocycles. The van der Waals surface area contributed by atoms with Crippen molar-refractivity contribution in [1.29, 1.82) is 0 Å². The summed E-state index contributed by atoms with van der Waals surface area (Å²) < 4.78 is 12.0. The van der Waals surface area contributed by atoms with E-state index in [4.69, 9.17) is 15.2 Å². The first-order valence-corrected chi connectivity index (χ1v) is 7.93. The molecule has 1 aromatic carbocycles. The van der Waals surface area contributed by atoms with Crippen LogP contribution in [0.5, 0.6) is 5.75 Å². The van der Waals surface area contributed by atoms with Crippen molar-refractivity contribution in [2.24, 2.45) is 5.73 Å². The number of hydrogen-bond acceptors (Lipinski definition) is 4. The van der Waals surface area contributed by atoms with E-state index in [-0.39, 0.29) is 5.91 Å². The molecule has 6 heteroatoms.